The Morgan fingerprint density at radius 1 is 1.44 bits per heavy atom. The van der Waals surface area contributed by atoms with Gasteiger partial charge in [0.05, 0.1) is 12.0 Å². The second-order valence-electron chi connectivity index (χ2n) is 4.61. The van der Waals surface area contributed by atoms with Gasteiger partial charge < -0.3 is 5.11 Å². The second-order valence-corrected chi connectivity index (χ2v) is 4.61. The minimum Gasteiger partial charge on any atom is -0.480 e. The lowest BCUT2D eigenvalue weighted by molar-refractivity contribution is -0.137. The van der Waals surface area contributed by atoms with Crippen molar-refractivity contribution in [3.05, 3.63) is 28.2 Å². The number of halogens is 1. The van der Waals surface area contributed by atoms with E-state index in [-0.39, 0.29) is 11.6 Å². The molecule has 0 saturated heterocycles. The lowest BCUT2D eigenvalue weighted by Gasteiger charge is -2.21. The van der Waals surface area contributed by atoms with Crippen LogP contribution in [0.1, 0.15) is 43.7 Å². The van der Waals surface area contributed by atoms with E-state index < -0.39 is 23.9 Å². The summed E-state index contributed by atoms with van der Waals surface area (Å²) in [7, 11) is 0. The monoisotopic (exact) mass is 254 g/mol. The Kier molecular flexibility index (Phi) is 3.74. The van der Waals surface area contributed by atoms with E-state index in [2.05, 4.69) is 4.98 Å². The van der Waals surface area contributed by atoms with E-state index in [0.29, 0.717) is 0 Å². The average molecular weight is 254 g/mol. The zero-order chi connectivity index (χ0) is 13.1. The molecule has 0 bridgehead atoms. The average Bonchev–Trinajstić information content (AvgIpc) is 2.36. The van der Waals surface area contributed by atoms with Crippen LogP contribution < -0.4 is 5.56 Å². The maximum Gasteiger partial charge on any atom is 0.323 e. The molecule has 0 aliphatic heterocycles. The molecule has 1 heterocycles. The van der Waals surface area contributed by atoms with Crippen LogP contribution in [0.5, 0.6) is 0 Å². The third-order valence-electron chi connectivity index (χ3n) is 3.31. The molecule has 0 unspecified atom stereocenters. The molecule has 1 aromatic rings. The van der Waals surface area contributed by atoms with Crippen molar-refractivity contribution in [3.8, 4) is 0 Å². The van der Waals surface area contributed by atoms with Gasteiger partial charge in [-0.05, 0) is 12.8 Å². The van der Waals surface area contributed by atoms with Gasteiger partial charge in [-0.2, -0.15) is 4.39 Å². The van der Waals surface area contributed by atoms with Crippen molar-refractivity contribution >= 4 is 5.97 Å². The Morgan fingerprint density at radius 3 is 2.72 bits per heavy atom. The number of carbonyl (C=O) groups is 1. The highest BCUT2D eigenvalue weighted by Gasteiger charge is 2.23. The number of rotatable bonds is 3. The molecule has 5 nitrogen and oxygen atoms in total. The van der Waals surface area contributed by atoms with Gasteiger partial charge in [-0.15, -0.1) is 0 Å². The highest BCUT2D eigenvalue weighted by atomic mass is 19.1. The smallest absolute Gasteiger partial charge is 0.323 e. The zero-order valence-corrected chi connectivity index (χ0v) is 9.93. The third-order valence-corrected chi connectivity index (χ3v) is 3.31. The molecule has 18 heavy (non-hydrogen) atoms. The van der Waals surface area contributed by atoms with Gasteiger partial charge in [0.2, 0.25) is 5.82 Å². The molecular weight excluding hydrogens is 239 g/mol. The molecule has 98 valence electrons. The third kappa shape index (κ3) is 2.57. The van der Waals surface area contributed by atoms with Crippen LogP contribution in [0.3, 0.4) is 0 Å². The first-order chi connectivity index (χ1) is 8.59. The fraction of sp³-hybridized carbons (Fsp3) is 0.583. The summed E-state index contributed by atoms with van der Waals surface area (Å²) in [6.45, 7) is -0.562. The van der Waals surface area contributed by atoms with Crippen LogP contribution in [0.15, 0.2) is 11.1 Å². The van der Waals surface area contributed by atoms with Crippen LogP contribution in [-0.4, -0.2) is 20.6 Å². The molecule has 6 heteroatoms. The van der Waals surface area contributed by atoms with E-state index in [9.17, 15) is 14.0 Å². The molecule has 0 spiro atoms. The highest BCUT2D eigenvalue weighted by Crippen LogP contribution is 2.31. The first kappa shape index (κ1) is 12.7. The fourth-order valence-electron chi connectivity index (χ4n) is 2.40. The minimum absolute atomic E-state index is 0.00840. The first-order valence-electron chi connectivity index (χ1n) is 6.06. The SMILES string of the molecule is O=C(O)Cn1cnc(C2CCCCC2)c(F)c1=O. The molecule has 2 rings (SSSR count). The number of carboxylic acids is 1. The van der Waals surface area contributed by atoms with Gasteiger partial charge in [-0.25, -0.2) is 4.98 Å². The summed E-state index contributed by atoms with van der Waals surface area (Å²) in [4.78, 5) is 26.1. The summed E-state index contributed by atoms with van der Waals surface area (Å²) in [5.74, 6) is -2.10. The second kappa shape index (κ2) is 5.29. The van der Waals surface area contributed by atoms with Gasteiger partial charge in [-0.3, -0.25) is 14.2 Å². The van der Waals surface area contributed by atoms with Crippen LogP contribution in [0, 0.1) is 5.82 Å². The van der Waals surface area contributed by atoms with E-state index in [1.165, 1.54) is 0 Å². The number of hydrogen-bond acceptors (Lipinski definition) is 3. The molecule has 1 saturated carbocycles. The van der Waals surface area contributed by atoms with Crippen LogP contribution >= 0.6 is 0 Å². The Balaban J connectivity index is 2.30. The predicted octanol–water partition coefficient (Wildman–Crippen LogP) is 1.51. The molecule has 0 atom stereocenters. The van der Waals surface area contributed by atoms with Gasteiger partial charge in [0, 0.05) is 5.92 Å². The van der Waals surface area contributed by atoms with Crippen LogP contribution in [0.2, 0.25) is 0 Å². The molecular formula is C12H15FN2O3. The minimum atomic E-state index is -1.19. The van der Waals surface area contributed by atoms with Crippen molar-refractivity contribution in [2.75, 3.05) is 0 Å². The molecule has 1 aromatic heterocycles. The highest BCUT2D eigenvalue weighted by molar-refractivity contribution is 5.66. The quantitative estimate of drug-likeness (QED) is 0.887. The summed E-state index contributed by atoms with van der Waals surface area (Å²) < 4.78 is 14.7. The summed E-state index contributed by atoms with van der Waals surface area (Å²) >= 11 is 0. The Morgan fingerprint density at radius 2 is 2.11 bits per heavy atom. The van der Waals surface area contributed by atoms with E-state index in [1.807, 2.05) is 0 Å². The lowest BCUT2D eigenvalue weighted by Crippen LogP contribution is -2.29. The number of aliphatic carboxylic acids is 1. The summed E-state index contributed by atoms with van der Waals surface area (Å²) in [6.07, 6.45) is 5.98. The van der Waals surface area contributed by atoms with Crippen molar-refractivity contribution in [2.24, 2.45) is 0 Å². The molecule has 1 aliphatic rings. The van der Waals surface area contributed by atoms with Crippen molar-refractivity contribution in [1.82, 2.24) is 9.55 Å². The lowest BCUT2D eigenvalue weighted by atomic mass is 9.86. The van der Waals surface area contributed by atoms with Gasteiger partial charge in [0.25, 0.3) is 5.56 Å². The van der Waals surface area contributed by atoms with E-state index in [4.69, 9.17) is 5.11 Å². The normalized spacial score (nSPS) is 16.7. The number of aromatic nitrogens is 2. The van der Waals surface area contributed by atoms with Crippen molar-refractivity contribution in [2.45, 2.75) is 44.6 Å². The maximum absolute atomic E-state index is 13.9. The topological polar surface area (TPSA) is 72.2 Å². The number of nitrogens with zero attached hydrogens (tertiary/aromatic N) is 2. The Hall–Kier alpha value is -1.72. The van der Waals surface area contributed by atoms with Gasteiger partial charge in [0.15, 0.2) is 0 Å². The standard InChI is InChI=1S/C12H15FN2O3/c13-10-11(8-4-2-1-3-5-8)14-7-15(12(10)18)6-9(16)17/h7-8H,1-6H2,(H,16,17). The fourth-order valence-corrected chi connectivity index (χ4v) is 2.40. The molecule has 1 fully saturated rings. The van der Waals surface area contributed by atoms with Crippen LogP contribution in [-0.2, 0) is 11.3 Å². The van der Waals surface area contributed by atoms with Crippen LogP contribution in [0.4, 0.5) is 4.39 Å². The predicted molar refractivity (Wildman–Crippen MR) is 61.9 cm³/mol. The maximum atomic E-state index is 13.9. The van der Waals surface area contributed by atoms with Crippen molar-refractivity contribution in [1.29, 1.82) is 0 Å². The molecule has 1 aliphatic carbocycles. The van der Waals surface area contributed by atoms with Gasteiger partial charge in [0.1, 0.15) is 6.54 Å². The van der Waals surface area contributed by atoms with Gasteiger partial charge >= 0.3 is 5.97 Å². The molecule has 0 amide bonds. The zero-order valence-electron chi connectivity index (χ0n) is 9.93. The Bertz CT molecular complexity index is 507. The van der Waals surface area contributed by atoms with Gasteiger partial charge in [-0.1, -0.05) is 19.3 Å². The van der Waals surface area contributed by atoms with Crippen molar-refractivity contribution in [3.63, 3.8) is 0 Å². The van der Waals surface area contributed by atoms with E-state index in [1.54, 1.807) is 0 Å². The number of hydrogen-bond donors (Lipinski definition) is 1. The van der Waals surface area contributed by atoms with E-state index >= 15 is 0 Å². The summed E-state index contributed by atoms with van der Waals surface area (Å²) in [5.41, 5.74) is -0.700. The molecule has 0 aromatic carbocycles. The Labute approximate surface area is 103 Å². The van der Waals surface area contributed by atoms with Crippen molar-refractivity contribution < 1.29 is 14.3 Å². The molecule has 0 radical (unpaired) electrons. The molecule has 1 N–H and O–H groups in total. The van der Waals surface area contributed by atoms with Crippen LogP contribution in [0.25, 0.3) is 0 Å². The summed E-state index contributed by atoms with van der Waals surface area (Å²) in [6, 6.07) is 0. The number of carboxylic acid groups (broad SMARTS) is 1. The first-order valence-corrected chi connectivity index (χ1v) is 6.06. The summed E-state index contributed by atoms with van der Waals surface area (Å²) in [5, 5.41) is 8.59. The van der Waals surface area contributed by atoms with E-state index in [0.717, 1.165) is 43.0 Å². The largest absolute Gasteiger partial charge is 0.480 e.